The predicted octanol–water partition coefficient (Wildman–Crippen LogP) is 3.37. The van der Waals surface area contributed by atoms with E-state index in [1.807, 2.05) is 35.6 Å². The molecule has 1 aliphatic rings. The lowest BCUT2D eigenvalue weighted by atomic mass is 9.95. The summed E-state index contributed by atoms with van der Waals surface area (Å²) in [4.78, 5) is 38.2. The van der Waals surface area contributed by atoms with E-state index in [0.717, 1.165) is 37.7 Å². The molecule has 1 aromatic heterocycles. The van der Waals surface area contributed by atoms with E-state index in [1.54, 1.807) is 30.5 Å². The van der Waals surface area contributed by atoms with Crippen molar-refractivity contribution in [1.82, 2.24) is 20.4 Å². The molecule has 0 spiro atoms. The van der Waals surface area contributed by atoms with Gasteiger partial charge in [0.05, 0.1) is 5.69 Å². The van der Waals surface area contributed by atoms with Gasteiger partial charge in [0.15, 0.2) is 11.9 Å². The Balaban J connectivity index is 1.51. The van der Waals surface area contributed by atoms with Crippen LogP contribution in [0.25, 0.3) is 0 Å². The Morgan fingerprint density at radius 2 is 1.73 bits per heavy atom. The van der Waals surface area contributed by atoms with Gasteiger partial charge in [0, 0.05) is 12.1 Å². The number of nitriles is 1. The molecule has 190 valence electrons. The number of hydrogen-bond donors (Lipinski definition) is 3. The molecule has 3 N–H and O–H groups in total. The third-order valence-corrected chi connectivity index (χ3v) is 6.05. The maximum atomic E-state index is 13.3. The van der Waals surface area contributed by atoms with Crippen molar-refractivity contribution in [3.63, 3.8) is 0 Å². The third-order valence-electron chi connectivity index (χ3n) is 6.05. The number of anilines is 1. The van der Waals surface area contributed by atoms with Gasteiger partial charge < -0.3 is 15.4 Å². The quantitative estimate of drug-likeness (QED) is 0.304. The monoisotopic (exact) mass is 500 g/mol. The lowest BCUT2D eigenvalue weighted by Gasteiger charge is -2.22. The summed E-state index contributed by atoms with van der Waals surface area (Å²) >= 11 is 0. The largest absolute Gasteiger partial charge is 0.487 e. The van der Waals surface area contributed by atoms with E-state index in [-0.39, 0.29) is 29.9 Å². The fraction of sp³-hybridized carbons (Fsp3) is 0.296. The Hall–Kier alpha value is -4.65. The van der Waals surface area contributed by atoms with Crippen molar-refractivity contribution in [2.45, 2.75) is 51.3 Å². The van der Waals surface area contributed by atoms with Crippen LogP contribution >= 0.6 is 0 Å². The van der Waals surface area contributed by atoms with Crippen LogP contribution in [-0.4, -0.2) is 33.5 Å². The molecule has 37 heavy (non-hydrogen) atoms. The average Bonchev–Trinajstić information content (AvgIpc) is 3.33. The van der Waals surface area contributed by atoms with Gasteiger partial charge in [-0.3, -0.25) is 19.7 Å². The molecule has 1 heterocycles. The van der Waals surface area contributed by atoms with Gasteiger partial charge in [-0.2, -0.15) is 10.4 Å². The maximum Gasteiger partial charge on any atom is 0.284 e. The van der Waals surface area contributed by atoms with Crippen molar-refractivity contribution < 1.29 is 19.1 Å². The second-order valence-corrected chi connectivity index (χ2v) is 8.77. The van der Waals surface area contributed by atoms with Crippen LogP contribution in [0.3, 0.4) is 0 Å². The highest BCUT2D eigenvalue weighted by atomic mass is 16.5. The molecule has 1 saturated carbocycles. The fourth-order valence-corrected chi connectivity index (χ4v) is 4.22. The molecular formula is C27H28N6O4. The van der Waals surface area contributed by atoms with Crippen LogP contribution in [0, 0.1) is 11.5 Å². The summed E-state index contributed by atoms with van der Waals surface area (Å²) in [5.41, 5.74) is 1.25. The van der Waals surface area contributed by atoms with E-state index in [4.69, 9.17) is 10.00 Å². The minimum Gasteiger partial charge on any atom is -0.487 e. The van der Waals surface area contributed by atoms with Crippen molar-refractivity contribution in [2.24, 2.45) is 0 Å². The van der Waals surface area contributed by atoms with Crippen LogP contribution in [0.15, 0.2) is 60.7 Å². The molecule has 0 bridgehead atoms. The van der Waals surface area contributed by atoms with Crippen LogP contribution in [0.4, 0.5) is 5.69 Å². The molecule has 10 heteroatoms. The minimum atomic E-state index is -0.769. The Kier molecular flexibility index (Phi) is 8.49. The van der Waals surface area contributed by atoms with Crippen LogP contribution in [0.1, 0.15) is 58.6 Å². The van der Waals surface area contributed by atoms with Crippen molar-refractivity contribution in [3.05, 3.63) is 77.6 Å². The lowest BCUT2D eigenvalue weighted by Crippen LogP contribution is -2.38. The summed E-state index contributed by atoms with van der Waals surface area (Å²) in [5, 5.41) is 20.7. The molecule has 4 rings (SSSR count). The van der Waals surface area contributed by atoms with Crippen molar-refractivity contribution in [2.75, 3.05) is 5.32 Å². The van der Waals surface area contributed by atoms with Gasteiger partial charge in [-0.15, -0.1) is 0 Å². The number of ether oxygens (including phenoxy) is 1. The zero-order chi connectivity index (χ0) is 26.0. The first kappa shape index (κ1) is 25.4. The number of carbonyl (C=O) groups excluding carboxylic acids is 3. The van der Waals surface area contributed by atoms with Crippen LogP contribution in [0.2, 0.25) is 0 Å². The maximum absolute atomic E-state index is 13.3. The van der Waals surface area contributed by atoms with Crippen molar-refractivity contribution in [3.8, 4) is 11.9 Å². The second-order valence-electron chi connectivity index (χ2n) is 8.77. The molecule has 1 aliphatic carbocycles. The number of benzene rings is 2. The summed E-state index contributed by atoms with van der Waals surface area (Å²) in [6.45, 7) is 0.0662. The van der Waals surface area contributed by atoms with Gasteiger partial charge in [0.25, 0.3) is 11.8 Å². The molecule has 0 atom stereocenters. The summed E-state index contributed by atoms with van der Waals surface area (Å²) in [6, 6.07) is 17.9. The fourth-order valence-electron chi connectivity index (χ4n) is 4.22. The van der Waals surface area contributed by atoms with Crippen LogP contribution in [-0.2, 0) is 17.9 Å². The van der Waals surface area contributed by atoms with E-state index < -0.39 is 11.8 Å². The standard InChI is InChI=1S/C27H28N6O4/c28-18-29-26(35)22-15-23(33(32-22)16-25(34)30-20-11-5-2-6-12-20)27(36)31-21-13-7-8-14-24(21)37-17-19-9-3-1-4-10-19/h1,3-4,7-10,13-15,20H,2,5-6,11-12,16-17H2,(H,29,35)(H,30,34)(H,31,36). The molecule has 1 fully saturated rings. The predicted molar refractivity (Wildman–Crippen MR) is 135 cm³/mol. The normalized spacial score (nSPS) is 13.3. The molecule has 3 aromatic rings. The Bertz CT molecular complexity index is 1290. The second kappa shape index (κ2) is 12.4. The SMILES string of the molecule is N#CNC(=O)c1cc(C(=O)Nc2ccccc2OCc2ccccc2)n(CC(=O)NC2CCCCC2)n1. The highest BCUT2D eigenvalue weighted by molar-refractivity contribution is 6.05. The number of aromatic nitrogens is 2. The summed E-state index contributed by atoms with van der Waals surface area (Å²) in [5.74, 6) is -1.19. The van der Waals surface area contributed by atoms with Crippen molar-refractivity contribution in [1.29, 1.82) is 5.26 Å². The molecule has 0 radical (unpaired) electrons. The minimum absolute atomic E-state index is 0.000235. The number of nitrogens with zero attached hydrogens (tertiary/aromatic N) is 3. The first-order valence-electron chi connectivity index (χ1n) is 12.2. The summed E-state index contributed by atoms with van der Waals surface area (Å²) in [7, 11) is 0. The zero-order valence-electron chi connectivity index (χ0n) is 20.3. The first-order chi connectivity index (χ1) is 18.0. The van der Waals surface area contributed by atoms with E-state index in [9.17, 15) is 14.4 Å². The van der Waals surface area contributed by atoms with Gasteiger partial charge in [-0.05, 0) is 30.5 Å². The first-order valence-corrected chi connectivity index (χ1v) is 12.2. The van der Waals surface area contributed by atoms with Crippen LogP contribution in [0.5, 0.6) is 5.75 Å². The Labute approximate surface area is 214 Å². The number of rotatable bonds is 9. The Morgan fingerprint density at radius 1 is 1.00 bits per heavy atom. The molecule has 10 nitrogen and oxygen atoms in total. The number of para-hydroxylation sites is 2. The molecule has 2 aromatic carbocycles. The van der Waals surface area contributed by atoms with Gasteiger partial charge >= 0.3 is 0 Å². The molecule has 0 aliphatic heterocycles. The van der Waals surface area contributed by atoms with E-state index in [2.05, 4.69) is 15.7 Å². The van der Waals surface area contributed by atoms with E-state index in [0.29, 0.717) is 18.0 Å². The zero-order valence-corrected chi connectivity index (χ0v) is 20.3. The molecule has 0 unspecified atom stereocenters. The van der Waals surface area contributed by atoms with Gasteiger partial charge in [0.2, 0.25) is 5.91 Å². The third kappa shape index (κ3) is 6.95. The number of hydrogen-bond acceptors (Lipinski definition) is 6. The Morgan fingerprint density at radius 3 is 2.49 bits per heavy atom. The molecular weight excluding hydrogens is 472 g/mol. The topological polar surface area (TPSA) is 138 Å². The summed E-state index contributed by atoms with van der Waals surface area (Å²) in [6.07, 6.45) is 6.65. The summed E-state index contributed by atoms with van der Waals surface area (Å²) < 4.78 is 7.09. The lowest BCUT2D eigenvalue weighted by molar-refractivity contribution is -0.122. The van der Waals surface area contributed by atoms with Gasteiger partial charge in [-0.25, -0.2) is 4.68 Å². The van der Waals surface area contributed by atoms with E-state index in [1.165, 1.54) is 10.7 Å². The van der Waals surface area contributed by atoms with Gasteiger partial charge in [-0.1, -0.05) is 61.7 Å². The number of nitrogens with one attached hydrogen (secondary N) is 3. The highest BCUT2D eigenvalue weighted by Gasteiger charge is 2.23. The van der Waals surface area contributed by atoms with Crippen LogP contribution < -0.4 is 20.7 Å². The van der Waals surface area contributed by atoms with Gasteiger partial charge in [0.1, 0.15) is 24.6 Å². The highest BCUT2D eigenvalue weighted by Crippen LogP contribution is 2.25. The number of carbonyl (C=O) groups is 3. The molecule has 3 amide bonds. The average molecular weight is 501 g/mol. The number of amides is 3. The van der Waals surface area contributed by atoms with Crippen molar-refractivity contribution >= 4 is 23.4 Å². The smallest absolute Gasteiger partial charge is 0.284 e. The molecule has 0 saturated heterocycles. The van der Waals surface area contributed by atoms with E-state index >= 15 is 0 Å².